The van der Waals surface area contributed by atoms with Gasteiger partial charge in [0.1, 0.15) is 17.1 Å². The van der Waals surface area contributed by atoms with Gasteiger partial charge in [-0.1, -0.05) is 42.5 Å². The molecule has 34 heavy (non-hydrogen) atoms. The summed E-state index contributed by atoms with van der Waals surface area (Å²) in [5.74, 6) is -1.30. The van der Waals surface area contributed by atoms with Crippen molar-refractivity contribution in [3.63, 3.8) is 0 Å². The summed E-state index contributed by atoms with van der Waals surface area (Å²) in [6, 6.07) is 16.1. The first kappa shape index (κ1) is 22.9. The molecule has 0 bridgehead atoms. The molecule has 4 amide bonds. The van der Waals surface area contributed by atoms with E-state index in [4.69, 9.17) is 4.74 Å². The molecule has 4 rings (SSSR count). The fraction of sp³-hybridized carbons (Fsp3) is 0.148. The zero-order valence-corrected chi connectivity index (χ0v) is 19.0. The Labute approximate surface area is 196 Å². The third-order valence-electron chi connectivity index (χ3n) is 5.88. The molecule has 1 aliphatic rings. The van der Waals surface area contributed by atoms with Crippen LogP contribution < -0.4 is 15.0 Å². The molecule has 7 heteroatoms. The Hall–Kier alpha value is -4.26. The number of nitrogens with zero attached hydrogens (tertiary/aromatic N) is 1. The van der Waals surface area contributed by atoms with Crippen molar-refractivity contribution in [1.82, 2.24) is 5.32 Å². The molecule has 0 radical (unpaired) electrons. The first-order chi connectivity index (χ1) is 16.3. The molecule has 1 N–H and O–H groups in total. The summed E-state index contributed by atoms with van der Waals surface area (Å²) >= 11 is 0. The summed E-state index contributed by atoms with van der Waals surface area (Å²) < 4.78 is 19.6. The average Bonchev–Trinajstić information content (AvgIpc) is 2.81. The molecule has 0 aromatic heterocycles. The average molecular weight is 458 g/mol. The van der Waals surface area contributed by atoms with E-state index >= 15 is 0 Å². The second-order valence-electron chi connectivity index (χ2n) is 8.02. The number of benzene rings is 3. The number of hydrogen-bond donors (Lipinski definition) is 1. The Morgan fingerprint density at radius 3 is 2.47 bits per heavy atom. The van der Waals surface area contributed by atoms with Crippen molar-refractivity contribution in [3.8, 4) is 5.75 Å². The summed E-state index contributed by atoms with van der Waals surface area (Å²) in [5, 5.41) is 2.24. The molecule has 0 spiro atoms. The first-order valence-corrected chi connectivity index (χ1v) is 10.7. The quantitative estimate of drug-likeness (QED) is 0.444. The molecule has 0 saturated carbocycles. The van der Waals surface area contributed by atoms with Crippen LogP contribution in [0.25, 0.3) is 6.08 Å². The molecule has 1 saturated heterocycles. The second-order valence-corrected chi connectivity index (χ2v) is 8.02. The van der Waals surface area contributed by atoms with E-state index in [2.05, 4.69) is 5.32 Å². The van der Waals surface area contributed by atoms with Crippen molar-refractivity contribution in [2.24, 2.45) is 0 Å². The van der Waals surface area contributed by atoms with Gasteiger partial charge in [0.25, 0.3) is 11.8 Å². The summed E-state index contributed by atoms with van der Waals surface area (Å²) in [6.45, 7) is 3.69. The van der Waals surface area contributed by atoms with Gasteiger partial charge in [-0.3, -0.25) is 14.9 Å². The Morgan fingerprint density at radius 1 is 0.971 bits per heavy atom. The zero-order chi connectivity index (χ0) is 24.4. The summed E-state index contributed by atoms with van der Waals surface area (Å²) in [6.07, 6.45) is 1.73. The van der Waals surface area contributed by atoms with Crippen LogP contribution >= 0.6 is 0 Å². The lowest BCUT2D eigenvalue weighted by atomic mass is 10.00. The lowest BCUT2D eigenvalue weighted by Gasteiger charge is -2.28. The number of halogens is 1. The van der Waals surface area contributed by atoms with Crippen LogP contribution in [-0.2, 0) is 16.0 Å². The first-order valence-electron chi connectivity index (χ1n) is 10.7. The SMILES string of the molecule is COc1cc(/C=C2\C(=O)NC(=O)N(c3cccc(C)c3C)C2=O)ccc1Cc1ccccc1F. The van der Waals surface area contributed by atoms with Crippen LogP contribution in [0.4, 0.5) is 14.9 Å². The molecule has 6 nitrogen and oxygen atoms in total. The number of amides is 4. The Morgan fingerprint density at radius 2 is 1.74 bits per heavy atom. The number of rotatable bonds is 5. The van der Waals surface area contributed by atoms with Crippen molar-refractivity contribution >= 4 is 29.6 Å². The number of barbiturate groups is 1. The van der Waals surface area contributed by atoms with E-state index in [0.29, 0.717) is 29.0 Å². The lowest BCUT2D eigenvalue weighted by Crippen LogP contribution is -2.54. The van der Waals surface area contributed by atoms with E-state index in [0.717, 1.165) is 21.6 Å². The molecule has 0 aliphatic carbocycles. The molecule has 1 fully saturated rings. The van der Waals surface area contributed by atoms with Gasteiger partial charge >= 0.3 is 6.03 Å². The molecular weight excluding hydrogens is 435 g/mol. The van der Waals surface area contributed by atoms with Gasteiger partial charge in [-0.05, 0) is 65.9 Å². The van der Waals surface area contributed by atoms with Crippen molar-refractivity contribution in [3.05, 3.63) is 99.9 Å². The van der Waals surface area contributed by atoms with Crippen LogP contribution in [0.1, 0.15) is 27.8 Å². The van der Waals surface area contributed by atoms with Crippen molar-refractivity contribution in [1.29, 1.82) is 0 Å². The fourth-order valence-corrected chi connectivity index (χ4v) is 3.86. The van der Waals surface area contributed by atoms with Gasteiger partial charge in [0.05, 0.1) is 12.8 Å². The van der Waals surface area contributed by atoms with Gasteiger partial charge in [-0.25, -0.2) is 14.1 Å². The van der Waals surface area contributed by atoms with Gasteiger partial charge in [-0.15, -0.1) is 0 Å². The van der Waals surface area contributed by atoms with Gasteiger partial charge < -0.3 is 4.74 Å². The predicted octanol–water partition coefficient (Wildman–Crippen LogP) is 4.71. The molecule has 1 heterocycles. The monoisotopic (exact) mass is 458 g/mol. The molecule has 0 atom stereocenters. The normalized spacial score (nSPS) is 15.0. The molecule has 172 valence electrons. The predicted molar refractivity (Wildman–Crippen MR) is 127 cm³/mol. The number of methoxy groups -OCH3 is 1. The second kappa shape index (κ2) is 9.31. The Bertz CT molecular complexity index is 1350. The number of hydrogen-bond acceptors (Lipinski definition) is 4. The van der Waals surface area contributed by atoms with Crippen molar-refractivity contribution < 1.29 is 23.5 Å². The molecule has 3 aromatic rings. The Kier molecular flexibility index (Phi) is 6.27. The molecular formula is C27H23FN2O4. The molecule has 0 unspecified atom stereocenters. The number of urea groups is 1. The third kappa shape index (κ3) is 4.32. The minimum atomic E-state index is -0.793. The van der Waals surface area contributed by atoms with Crippen LogP contribution in [0.5, 0.6) is 5.75 Å². The zero-order valence-electron chi connectivity index (χ0n) is 19.0. The van der Waals surface area contributed by atoms with Crippen LogP contribution in [-0.4, -0.2) is 25.0 Å². The van der Waals surface area contributed by atoms with E-state index in [1.807, 2.05) is 19.9 Å². The molecule has 3 aromatic carbocycles. The van der Waals surface area contributed by atoms with Crippen molar-refractivity contribution in [2.45, 2.75) is 20.3 Å². The highest BCUT2D eigenvalue weighted by atomic mass is 19.1. The van der Waals surface area contributed by atoms with Crippen LogP contribution in [0.15, 0.2) is 66.2 Å². The van der Waals surface area contributed by atoms with Gasteiger partial charge in [-0.2, -0.15) is 0 Å². The maximum Gasteiger partial charge on any atom is 0.335 e. The van der Waals surface area contributed by atoms with E-state index in [1.54, 1.807) is 48.5 Å². The topological polar surface area (TPSA) is 75.7 Å². The van der Waals surface area contributed by atoms with E-state index < -0.39 is 17.8 Å². The maximum absolute atomic E-state index is 14.1. The third-order valence-corrected chi connectivity index (χ3v) is 5.88. The van der Waals surface area contributed by atoms with E-state index in [1.165, 1.54) is 19.3 Å². The van der Waals surface area contributed by atoms with Gasteiger partial charge in [0, 0.05) is 6.42 Å². The smallest absolute Gasteiger partial charge is 0.335 e. The minimum Gasteiger partial charge on any atom is -0.496 e. The van der Waals surface area contributed by atoms with Gasteiger partial charge in [0.2, 0.25) is 0 Å². The fourth-order valence-electron chi connectivity index (χ4n) is 3.86. The maximum atomic E-state index is 14.1. The summed E-state index contributed by atoms with van der Waals surface area (Å²) in [5.41, 5.74) is 3.72. The standard InChI is InChI=1S/C27H23FN2O4/c1-16-7-6-10-23(17(16)2)30-26(32)21(25(31)29-27(30)33)13-18-11-12-20(24(14-18)34-3)15-19-8-4-5-9-22(19)28/h4-14H,15H2,1-3H3,(H,29,31,33)/b21-13+. The van der Waals surface area contributed by atoms with Crippen LogP contribution in [0.2, 0.25) is 0 Å². The highest BCUT2D eigenvalue weighted by molar-refractivity contribution is 6.39. The van der Waals surface area contributed by atoms with Crippen molar-refractivity contribution in [2.75, 3.05) is 12.0 Å². The number of ether oxygens (including phenoxy) is 1. The minimum absolute atomic E-state index is 0.176. The number of carbonyl (C=O) groups excluding carboxylic acids is 3. The summed E-state index contributed by atoms with van der Waals surface area (Å²) in [4.78, 5) is 39.2. The van der Waals surface area contributed by atoms with Crippen LogP contribution in [0.3, 0.4) is 0 Å². The highest BCUT2D eigenvalue weighted by Crippen LogP contribution is 2.29. The van der Waals surface area contributed by atoms with E-state index in [-0.39, 0.29) is 11.4 Å². The largest absolute Gasteiger partial charge is 0.496 e. The Balaban J connectivity index is 1.69. The number of nitrogens with one attached hydrogen (secondary N) is 1. The number of imide groups is 2. The van der Waals surface area contributed by atoms with Gasteiger partial charge in [0.15, 0.2) is 0 Å². The molecule has 1 aliphatic heterocycles. The highest BCUT2D eigenvalue weighted by Gasteiger charge is 2.37. The number of anilines is 1. The van der Waals surface area contributed by atoms with Crippen LogP contribution in [0, 0.1) is 19.7 Å². The van der Waals surface area contributed by atoms with E-state index in [9.17, 15) is 18.8 Å². The number of carbonyl (C=O) groups is 3. The lowest BCUT2D eigenvalue weighted by molar-refractivity contribution is -0.122. The summed E-state index contributed by atoms with van der Waals surface area (Å²) in [7, 11) is 1.50. The number of aryl methyl sites for hydroxylation is 1.